The van der Waals surface area contributed by atoms with Crippen molar-refractivity contribution in [3.8, 4) is 5.75 Å². The standard InChI is InChI=1S/C19H22N6O4S2/c1-29-18-5-4-15(10-17(18)25-7-2-3-9-31(25,27)28)21-19(26)11-16(14-6-8-30-12-14)24-13-20-22-23-24/h4-6,8,10,12-13,16H,2-3,7,9,11H2,1H3,(H,21,26)/t16-/m0/s1. The van der Waals surface area contributed by atoms with Gasteiger partial charge in [0, 0.05) is 12.2 Å². The van der Waals surface area contributed by atoms with Crippen LogP contribution in [0.15, 0.2) is 41.4 Å². The maximum Gasteiger partial charge on any atom is 0.235 e. The summed E-state index contributed by atoms with van der Waals surface area (Å²) in [6, 6.07) is 6.56. The lowest BCUT2D eigenvalue weighted by Gasteiger charge is -2.29. The van der Waals surface area contributed by atoms with Gasteiger partial charge < -0.3 is 10.1 Å². The molecule has 0 unspecified atom stereocenters. The van der Waals surface area contributed by atoms with E-state index >= 15 is 0 Å². The number of tetrazole rings is 1. The van der Waals surface area contributed by atoms with Gasteiger partial charge in [-0.3, -0.25) is 9.10 Å². The van der Waals surface area contributed by atoms with E-state index < -0.39 is 10.0 Å². The van der Waals surface area contributed by atoms with Crippen molar-refractivity contribution in [3.05, 3.63) is 46.9 Å². The maximum atomic E-state index is 12.8. The molecule has 12 heteroatoms. The first-order chi connectivity index (χ1) is 15.0. The summed E-state index contributed by atoms with van der Waals surface area (Å²) in [6.45, 7) is 0.385. The first-order valence-electron chi connectivity index (χ1n) is 9.71. The van der Waals surface area contributed by atoms with E-state index in [4.69, 9.17) is 4.74 Å². The van der Waals surface area contributed by atoms with Gasteiger partial charge in [0.15, 0.2) is 0 Å². The average Bonchev–Trinajstić information content (AvgIpc) is 3.46. The Morgan fingerprint density at radius 1 is 1.32 bits per heavy atom. The number of amides is 1. The number of thiophene rings is 1. The third kappa shape index (κ3) is 4.69. The van der Waals surface area contributed by atoms with Crippen molar-refractivity contribution in [2.24, 2.45) is 0 Å². The number of ether oxygens (including phenoxy) is 1. The van der Waals surface area contributed by atoms with E-state index in [0.29, 0.717) is 30.1 Å². The lowest BCUT2D eigenvalue weighted by Crippen LogP contribution is -2.38. The monoisotopic (exact) mass is 462 g/mol. The van der Waals surface area contributed by atoms with Crippen LogP contribution in [0.4, 0.5) is 11.4 Å². The van der Waals surface area contributed by atoms with Crippen LogP contribution < -0.4 is 14.4 Å². The summed E-state index contributed by atoms with van der Waals surface area (Å²) in [6.07, 6.45) is 3.00. The Labute approximate surface area is 183 Å². The van der Waals surface area contributed by atoms with Crippen LogP contribution in [-0.2, 0) is 14.8 Å². The second-order valence-corrected chi connectivity index (χ2v) is 9.89. The van der Waals surface area contributed by atoms with Crippen LogP contribution in [-0.4, -0.2) is 53.9 Å². The number of hydrogen-bond donors (Lipinski definition) is 1. The van der Waals surface area contributed by atoms with Crippen molar-refractivity contribution in [1.29, 1.82) is 0 Å². The van der Waals surface area contributed by atoms with Crippen molar-refractivity contribution in [1.82, 2.24) is 20.2 Å². The largest absolute Gasteiger partial charge is 0.495 e. The fraction of sp³-hybridized carbons (Fsp3) is 0.368. The van der Waals surface area contributed by atoms with Crippen LogP contribution in [0.2, 0.25) is 0 Å². The number of aromatic nitrogens is 4. The fourth-order valence-corrected chi connectivity index (χ4v) is 5.90. The Balaban J connectivity index is 1.55. The van der Waals surface area contributed by atoms with Gasteiger partial charge in [0.25, 0.3) is 0 Å². The number of carbonyl (C=O) groups is 1. The van der Waals surface area contributed by atoms with Crippen molar-refractivity contribution in [3.63, 3.8) is 0 Å². The second-order valence-electron chi connectivity index (χ2n) is 7.10. The molecule has 1 aliphatic rings. The van der Waals surface area contributed by atoms with E-state index in [1.807, 2.05) is 16.8 Å². The molecule has 3 heterocycles. The summed E-state index contributed by atoms with van der Waals surface area (Å²) < 4.78 is 33.4. The number of nitrogens with one attached hydrogen (secondary N) is 1. The van der Waals surface area contributed by atoms with Gasteiger partial charge in [-0.15, -0.1) is 5.10 Å². The van der Waals surface area contributed by atoms with Crippen molar-refractivity contribution in [2.75, 3.05) is 29.0 Å². The minimum atomic E-state index is -3.42. The van der Waals surface area contributed by atoms with Gasteiger partial charge >= 0.3 is 0 Å². The van der Waals surface area contributed by atoms with Gasteiger partial charge in [-0.05, 0) is 63.9 Å². The average molecular weight is 463 g/mol. The van der Waals surface area contributed by atoms with E-state index in [0.717, 1.165) is 12.0 Å². The third-order valence-corrected chi connectivity index (χ3v) is 7.63. The number of carbonyl (C=O) groups excluding carboxylic acids is 1. The zero-order valence-corrected chi connectivity index (χ0v) is 18.5. The van der Waals surface area contributed by atoms with Gasteiger partial charge in [-0.25, -0.2) is 13.1 Å². The highest BCUT2D eigenvalue weighted by Crippen LogP contribution is 2.35. The predicted octanol–water partition coefficient (Wildman–Crippen LogP) is 2.29. The number of hydrogen-bond acceptors (Lipinski definition) is 8. The molecule has 1 amide bonds. The minimum absolute atomic E-state index is 0.0982. The molecule has 1 N–H and O–H groups in total. The van der Waals surface area contributed by atoms with Crippen LogP contribution in [0.3, 0.4) is 0 Å². The van der Waals surface area contributed by atoms with Gasteiger partial charge in [-0.2, -0.15) is 11.3 Å². The van der Waals surface area contributed by atoms with Gasteiger partial charge in [0.1, 0.15) is 12.1 Å². The van der Waals surface area contributed by atoms with Crippen LogP contribution >= 0.6 is 11.3 Å². The molecule has 1 saturated heterocycles. The molecule has 31 heavy (non-hydrogen) atoms. The van der Waals surface area contributed by atoms with Crippen molar-refractivity contribution in [2.45, 2.75) is 25.3 Å². The molecule has 2 aromatic heterocycles. The van der Waals surface area contributed by atoms with Crippen LogP contribution in [0.5, 0.6) is 5.75 Å². The molecule has 1 atom stereocenters. The molecule has 1 fully saturated rings. The topological polar surface area (TPSA) is 119 Å². The van der Waals surface area contributed by atoms with E-state index in [9.17, 15) is 13.2 Å². The highest BCUT2D eigenvalue weighted by molar-refractivity contribution is 7.92. The first kappa shape index (κ1) is 21.2. The summed E-state index contributed by atoms with van der Waals surface area (Å²) in [5.41, 5.74) is 1.85. The summed E-state index contributed by atoms with van der Waals surface area (Å²) in [7, 11) is -1.93. The van der Waals surface area contributed by atoms with E-state index in [2.05, 4.69) is 20.8 Å². The highest BCUT2D eigenvalue weighted by atomic mass is 32.2. The van der Waals surface area contributed by atoms with Crippen LogP contribution in [0.1, 0.15) is 30.9 Å². The van der Waals surface area contributed by atoms with Gasteiger partial charge in [-0.1, -0.05) is 0 Å². The zero-order valence-electron chi connectivity index (χ0n) is 16.8. The van der Waals surface area contributed by atoms with Gasteiger partial charge in [0.05, 0.1) is 31.0 Å². The van der Waals surface area contributed by atoms with E-state index in [1.165, 1.54) is 29.1 Å². The maximum absolute atomic E-state index is 12.8. The first-order valence-corrected chi connectivity index (χ1v) is 12.3. The quantitative estimate of drug-likeness (QED) is 0.572. The number of benzene rings is 1. The van der Waals surface area contributed by atoms with E-state index in [-0.39, 0.29) is 24.1 Å². The molecule has 0 bridgehead atoms. The summed E-state index contributed by atoms with van der Waals surface area (Å²) >= 11 is 1.53. The Hall–Kier alpha value is -2.99. The molecule has 1 aromatic carbocycles. The lowest BCUT2D eigenvalue weighted by atomic mass is 10.1. The smallest absolute Gasteiger partial charge is 0.235 e. The third-order valence-electron chi connectivity index (χ3n) is 5.07. The predicted molar refractivity (Wildman–Crippen MR) is 117 cm³/mol. The molecular weight excluding hydrogens is 440 g/mol. The van der Waals surface area contributed by atoms with Gasteiger partial charge in [0.2, 0.25) is 15.9 Å². The molecule has 0 spiro atoms. The minimum Gasteiger partial charge on any atom is -0.495 e. The number of rotatable bonds is 7. The Morgan fingerprint density at radius 2 is 2.19 bits per heavy atom. The molecule has 10 nitrogen and oxygen atoms in total. The van der Waals surface area contributed by atoms with Crippen LogP contribution in [0, 0.1) is 0 Å². The molecule has 0 radical (unpaired) electrons. The van der Waals surface area contributed by atoms with E-state index in [1.54, 1.807) is 22.9 Å². The SMILES string of the molecule is COc1ccc(NC(=O)C[C@@H](c2ccsc2)n2cnnn2)cc1N1CCCCS1(=O)=O. The lowest BCUT2D eigenvalue weighted by molar-refractivity contribution is -0.116. The molecule has 0 saturated carbocycles. The Kier molecular flexibility index (Phi) is 6.18. The normalized spacial score (nSPS) is 16.6. The highest BCUT2D eigenvalue weighted by Gasteiger charge is 2.29. The Bertz CT molecular complexity index is 1100. The number of anilines is 2. The summed E-state index contributed by atoms with van der Waals surface area (Å²) in [4.78, 5) is 12.8. The molecule has 3 aromatic rings. The van der Waals surface area contributed by atoms with Crippen LogP contribution in [0.25, 0.3) is 0 Å². The second kappa shape index (κ2) is 9.02. The molecule has 1 aliphatic heterocycles. The number of sulfonamides is 1. The summed E-state index contributed by atoms with van der Waals surface area (Å²) in [5, 5.41) is 18.0. The van der Waals surface area contributed by atoms with Crippen molar-refractivity contribution >= 4 is 38.6 Å². The number of nitrogens with zero attached hydrogens (tertiary/aromatic N) is 5. The molecular formula is C19H22N6O4S2. The molecule has 164 valence electrons. The summed E-state index contributed by atoms with van der Waals surface area (Å²) in [5.74, 6) is 0.290. The number of methoxy groups -OCH3 is 1. The fourth-order valence-electron chi connectivity index (χ4n) is 3.55. The zero-order chi connectivity index (χ0) is 21.8. The Morgan fingerprint density at radius 3 is 2.87 bits per heavy atom. The van der Waals surface area contributed by atoms with Crippen molar-refractivity contribution < 1.29 is 17.9 Å². The molecule has 0 aliphatic carbocycles. The molecule has 4 rings (SSSR count).